The van der Waals surface area contributed by atoms with E-state index in [0.717, 1.165) is 92.5 Å². The van der Waals surface area contributed by atoms with E-state index in [2.05, 4.69) is 224 Å². The van der Waals surface area contributed by atoms with Crippen molar-refractivity contribution in [2.24, 2.45) is 0 Å². The number of benzene rings is 12. The normalized spacial score (nSPS) is 11.9. The van der Waals surface area contributed by atoms with Gasteiger partial charge in [-0.1, -0.05) is 249 Å². The number of carbonyl (C=O) groups is 1. The fourth-order valence-electron chi connectivity index (χ4n) is 11.2. The minimum absolute atomic E-state index is 0. The van der Waals surface area contributed by atoms with Gasteiger partial charge in [-0.3, -0.25) is 4.79 Å². The molecule has 12 aromatic carbocycles. The second kappa shape index (κ2) is 16.9. The first-order chi connectivity index (χ1) is 32.2. The molecule has 3 heteroatoms. The van der Waals surface area contributed by atoms with Crippen LogP contribution in [0.4, 0.5) is 0 Å². The number of carbonyl (C=O) groups excluding carboxylic acids is 1. The van der Waals surface area contributed by atoms with E-state index in [-0.39, 0.29) is 29.6 Å². The molecule has 0 spiro atoms. The Morgan fingerprint density at radius 3 is 0.864 bits per heavy atom. The molecule has 0 radical (unpaired) electrons. The van der Waals surface area contributed by atoms with Gasteiger partial charge in [-0.05, 0) is 93.1 Å². The van der Waals surface area contributed by atoms with Gasteiger partial charge in [-0.15, -0.1) is 0 Å². The SMILES string of the molecule is O=C(Oc1cccc2ccccc12)C(c1cccc2ccccc12)(c1cccc2ccccc12)C(c1cccc2ccccc12)(c1cccc2ccccc12)c1cccc2ccccc12.[NaH]. The summed E-state index contributed by atoms with van der Waals surface area (Å²) in [6, 6.07) is 89.7. The summed E-state index contributed by atoms with van der Waals surface area (Å²) in [6.07, 6.45) is 0. The molecule has 0 fully saturated rings. The van der Waals surface area contributed by atoms with Crippen LogP contribution in [0, 0.1) is 0 Å². The molecule has 0 atom stereocenters. The summed E-state index contributed by atoms with van der Waals surface area (Å²) in [6.45, 7) is 0. The van der Waals surface area contributed by atoms with Gasteiger partial charge in [-0.25, -0.2) is 0 Å². The molecule has 0 aromatic heterocycles. The first kappa shape index (κ1) is 41.4. The van der Waals surface area contributed by atoms with Crippen molar-refractivity contribution in [3.05, 3.63) is 283 Å². The van der Waals surface area contributed by atoms with Crippen molar-refractivity contribution in [3.63, 3.8) is 0 Å². The number of rotatable bonds is 8. The minimum atomic E-state index is -1.68. The monoisotopic (exact) mass is 854 g/mol. The van der Waals surface area contributed by atoms with Gasteiger partial charge in [0.1, 0.15) is 11.2 Å². The average Bonchev–Trinajstić information content (AvgIpc) is 3.37. The molecule has 66 heavy (non-hydrogen) atoms. The van der Waals surface area contributed by atoms with Crippen molar-refractivity contribution < 1.29 is 9.53 Å². The summed E-state index contributed by atoms with van der Waals surface area (Å²) in [7, 11) is 0. The molecule has 0 unspecified atom stereocenters. The zero-order valence-electron chi connectivity index (χ0n) is 35.6. The third-order valence-electron chi connectivity index (χ3n) is 13.8. The van der Waals surface area contributed by atoms with Gasteiger partial charge in [0.15, 0.2) is 0 Å². The number of ether oxygens (including phenoxy) is 1. The van der Waals surface area contributed by atoms with Crippen LogP contribution in [0.3, 0.4) is 0 Å². The van der Waals surface area contributed by atoms with Crippen molar-refractivity contribution in [2.75, 3.05) is 0 Å². The first-order valence-corrected chi connectivity index (χ1v) is 22.3. The molecule has 0 saturated carbocycles. The zero-order valence-corrected chi connectivity index (χ0v) is 35.6. The summed E-state index contributed by atoms with van der Waals surface area (Å²) in [5.41, 5.74) is 1.59. The Bertz CT molecular complexity index is 3510. The fraction of sp³-hybridized carbons (Fsp3) is 0.0317. The molecule has 12 aromatic rings. The van der Waals surface area contributed by atoms with E-state index in [0.29, 0.717) is 5.75 Å². The van der Waals surface area contributed by atoms with Crippen LogP contribution >= 0.6 is 0 Å². The molecule has 0 amide bonds. The topological polar surface area (TPSA) is 26.3 Å². The Balaban J connectivity index is 0.00000481. The Morgan fingerprint density at radius 2 is 0.515 bits per heavy atom. The van der Waals surface area contributed by atoms with Crippen LogP contribution in [-0.4, -0.2) is 35.5 Å². The standard InChI is InChI=1S/C63H42O2.Na.H/c64-61(65-60-42-18-30-48-24-6-12-36-54(48)60)63(58-40-16-28-46-22-4-10-34-52(46)58,59-41-17-29-47-23-5-11-35-53(47)59)62(55-37-13-25-43-19-1-7-31-49(43)55,56-38-14-26-44-20-2-8-32-50(44)56)57-39-15-27-45-21-3-9-33-51(45)57;;/h1-42H;;. The summed E-state index contributed by atoms with van der Waals surface area (Å²) in [5, 5.41) is 12.2. The molecule has 0 N–H and O–H groups in total. The van der Waals surface area contributed by atoms with Crippen LogP contribution in [0.25, 0.3) is 64.6 Å². The van der Waals surface area contributed by atoms with Gasteiger partial charge in [0.25, 0.3) is 0 Å². The molecule has 0 bridgehead atoms. The van der Waals surface area contributed by atoms with Gasteiger partial charge in [-0.2, -0.15) is 0 Å². The maximum absolute atomic E-state index is 17.7. The van der Waals surface area contributed by atoms with Gasteiger partial charge in [0, 0.05) is 5.39 Å². The molecular weight excluding hydrogens is 812 g/mol. The van der Waals surface area contributed by atoms with Crippen molar-refractivity contribution in [1.29, 1.82) is 0 Å². The first-order valence-electron chi connectivity index (χ1n) is 22.3. The van der Waals surface area contributed by atoms with E-state index in [1.165, 1.54) is 0 Å². The van der Waals surface area contributed by atoms with Gasteiger partial charge >= 0.3 is 35.5 Å². The van der Waals surface area contributed by atoms with Crippen LogP contribution in [0.1, 0.15) is 27.8 Å². The van der Waals surface area contributed by atoms with Gasteiger partial charge < -0.3 is 4.74 Å². The van der Waals surface area contributed by atoms with E-state index < -0.39 is 16.8 Å². The summed E-state index contributed by atoms with van der Waals surface area (Å²) in [5.74, 6) is 0.107. The summed E-state index contributed by atoms with van der Waals surface area (Å²) in [4.78, 5) is 17.7. The quantitative estimate of drug-likeness (QED) is 0.0659. The van der Waals surface area contributed by atoms with Crippen molar-refractivity contribution in [3.8, 4) is 5.75 Å². The predicted molar refractivity (Wildman–Crippen MR) is 277 cm³/mol. The van der Waals surface area contributed by atoms with Crippen molar-refractivity contribution in [2.45, 2.75) is 10.8 Å². The predicted octanol–water partition coefficient (Wildman–Crippen LogP) is 14.9. The molecule has 2 nitrogen and oxygen atoms in total. The number of esters is 1. The molecule has 0 heterocycles. The van der Waals surface area contributed by atoms with E-state index in [1.54, 1.807) is 0 Å². The van der Waals surface area contributed by atoms with E-state index in [1.807, 2.05) is 30.3 Å². The molecular formula is C63H43NaO2. The second-order valence-electron chi connectivity index (χ2n) is 17.0. The van der Waals surface area contributed by atoms with Crippen molar-refractivity contribution >= 4 is 100 Å². The molecule has 0 saturated heterocycles. The van der Waals surface area contributed by atoms with Gasteiger partial charge in [0.05, 0.1) is 5.41 Å². The van der Waals surface area contributed by atoms with Crippen LogP contribution < -0.4 is 4.74 Å². The fourth-order valence-corrected chi connectivity index (χ4v) is 11.2. The Hall–Kier alpha value is -7.33. The molecule has 308 valence electrons. The summed E-state index contributed by atoms with van der Waals surface area (Å²) >= 11 is 0. The average molecular weight is 855 g/mol. The van der Waals surface area contributed by atoms with Gasteiger partial charge in [0.2, 0.25) is 0 Å². The van der Waals surface area contributed by atoms with Crippen LogP contribution in [0.15, 0.2) is 255 Å². The third-order valence-corrected chi connectivity index (χ3v) is 13.8. The Morgan fingerprint density at radius 1 is 0.273 bits per heavy atom. The third kappa shape index (κ3) is 6.25. The molecule has 0 aliphatic heterocycles. The zero-order chi connectivity index (χ0) is 43.4. The van der Waals surface area contributed by atoms with Crippen LogP contribution in [0.5, 0.6) is 5.75 Å². The second-order valence-corrected chi connectivity index (χ2v) is 17.0. The summed E-state index contributed by atoms with van der Waals surface area (Å²) < 4.78 is 7.37. The Labute approximate surface area is 406 Å². The Kier molecular flexibility index (Phi) is 10.6. The molecule has 0 aliphatic carbocycles. The van der Waals surface area contributed by atoms with E-state index >= 15 is 4.79 Å². The number of fused-ring (bicyclic) bond motifs is 6. The molecule has 0 aliphatic rings. The maximum atomic E-state index is 17.7. The van der Waals surface area contributed by atoms with E-state index in [4.69, 9.17) is 4.74 Å². The number of hydrogen-bond acceptors (Lipinski definition) is 2. The van der Waals surface area contributed by atoms with Crippen LogP contribution in [0.2, 0.25) is 0 Å². The molecule has 12 rings (SSSR count). The van der Waals surface area contributed by atoms with Crippen molar-refractivity contribution in [1.82, 2.24) is 0 Å². The number of hydrogen-bond donors (Lipinski definition) is 0. The van der Waals surface area contributed by atoms with E-state index in [9.17, 15) is 0 Å². The van der Waals surface area contributed by atoms with Crippen LogP contribution in [-0.2, 0) is 15.6 Å².